The molecule has 0 aliphatic carbocycles. The van der Waals surface area contributed by atoms with Crippen LogP contribution in [-0.4, -0.2) is 4.98 Å². The van der Waals surface area contributed by atoms with E-state index >= 15 is 0 Å². The maximum Gasteiger partial charge on any atom is 0.143 e. The number of fused-ring (bicyclic) bond motifs is 10. The third-order valence-electron chi connectivity index (χ3n) is 10.5. The Kier molecular flexibility index (Phi) is 6.25. The minimum absolute atomic E-state index is 0.867. The van der Waals surface area contributed by atoms with Gasteiger partial charge in [-0.25, -0.2) is 4.98 Å². The molecule has 0 saturated heterocycles. The fourth-order valence-corrected chi connectivity index (χ4v) is 8.06. The molecule has 0 saturated carbocycles. The molecule has 0 spiro atoms. The zero-order chi connectivity index (χ0) is 34.2. The van der Waals surface area contributed by atoms with Crippen molar-refractivity contribution in [3.05, 3.63) is 176 Å². The van der Waals surface area contributed by atoms with Crippen LogP contribution in [0.4, 0.5) is 0 Å². The molecule has 0 amide bonds. The van der Waals surface area contributed by atoms with Gasteiger partial charge in [-0.15, -0.1) is 0 Å². The molecule has 52 heavy (non-hydrogen) atoms. The summed E-state index contributed by atoms with van der Waals surface area (Å²) < 4.78 is 13.3. The standard InChI is InChI=1S/C49H29NO2/c1-3-12-30(13-4-1)35-19-10-21-37-38-22-11-20-36(49(38)52-48(35)37)34-17-9-16-32(28-34)33-24-26-43-41(29-33)46-44(51-43)27-25-40-45(46)39-18-7-8-23-42(39)50-47(40)31-14-5-2-6-15-31/h1-29H. The number of hydrogen-bond acceptors (Lipinski definition) is 3. The molecular weight excluding hydrogens is 635 g/mol. The van der Waals surface area contributed by atoms with Crippen LogP contribution in [0, 0.1) is 0 Å². The first-order chi connectivity index (χ1) is 25.8. The van der Waals surface area contributed by atoms with Crippen LogP contribution in [0.15, 0.2) is 185 Å². The third-order valence-corrected chi connectivity index (χ3v) is 10.5. The Bertz CT molecular complexity index is 3170. The third kappa shape index (κ3) is 4.36. The van der Waals surface area contributed by atoms with Crippen LogP contribution >= 0.6 is 0 Å². The molecule has 242 valence electrons. The number of pyridine rings is 1. The SMILES string of the molecule is c1ccc(-c2nc3ccccc3c3c2ccc2oc4ccc(-c5cccc(-c6cccc7c6oc6c(-c8ccccc8)cccc67)c5)cc4c23)cc1. The second-order valence-corrected chi connectivity index (χ2v) is 13.4. The summed E-state index contributed by atoms with van der Waals surface area (Å²) in [6.45, 7) is 0. The first-order valence-corrected chi connectivity index (χ1v) is 17.6. The fraction of sp³-hybridized carbons (Fsp3) is 0. The summed E-state index contributed by atoms with van der Waals surface area (Å²) in [4.78, 5) is 5.17. The molecule has 11 aromatic rings. The highest BCUT2D eigenvalue weighted by atomic mass is 16.3. The average Bonchev–Trinajstić information content (AvgIpc) is 3.79. The second kappa shape index (κ2) is 11.3. The number of para-hydroxylation sites is 3. The first-order valence-electron chi connectivity index (χ1n) is 17.6. The van der Waals surface area contributed by atoms with Gasteiger partial charge in [-0.3, -0.25) is 0 Å². The zero-order valence-electron chi connectivity index (χ0n) is 28.0. The molecule has 3 aromatic heterocycles. The number of hydrogen-bond donors (Lipinski definition) is 0. The van der Waals surface area contributed by atoms with Crippen LogP contribution in [0.25, 0.3) is 110 Å². The Morgan fingerprint density at radius 2 is 0.923 bits per heavy atom. The molecule has 0 aliphatic heterocycles. The molecule has 0 aliphatic rings. The van der Waals surface area contributed by atoms with Gasteiger partial charge in [-0.2, -0.15) is 0 Å². The highest BCUT2D eigenvalue weighted by molar-refractivity contribution is 6.28. The highest BCUT2D eigenvalue weighted by Crippen LogP contribution is 2.43. The molecular formula is C49H29NO2. The Morgan fingerprint density at radius 1 is 0.327 bits per heavy atom. The number of aromatic nitrogens is 1. The number of furan rings is 2. The average molecular weight is 664 g/mol. The molecule has 3 heterocycles. The van der Waals surface area contributed by atoms with Crippen LogP contribution in [0.3, 0.4) is 0 Å². The van der Waals surface area contributed by atoms with Gasteiger partial charge in [0.2, 0.25) is 0 Å². The van der Waals surface area contributed by atoms with E-state index in [4.69, 9.17) is 13.8 Å². The summed E-state index contributed by atoms with van der Waals surface area (Å²) in [6.07, 6.45) is 0. The van der Waals surface area contributed by atoms with Gasteiger partial charge in [-0.1, -0.05) is 140 Å². The Hall–Kier alpha value is -6.97. The van der Waals surface area contributed by atoms with E-state index in [-0.39, 0.29) is 0 Å². The van der Waals surface area contributed by atoms with Gasteiger partial charge in [0.05, 0.1) is 11.2 Å². The van der Waals surface area contributed by atoms with Crippen molar-refractivity contribution in [1.82, 2.24) is 4.98 Å². The van der Waals surface area contributed by atoms with E-state index in [1.54, 1.807) is 0 Å². The molecule has 0 atom stereocenters. The summed E-state index contributed by atoms with van der Waals surface area (Å²) in [6, 6.07) is 61.8. The zero-order valence-corrected chi connectivity index (χ0v) is 28.0. The molecule has 11 rings (SSSR count). The van der Waals surface area contributed by atoms with Crippen molar-refractivity contribution in [2.75, 3.05) is 0 Å². The van der Waals surface area contributed by atoms with E-state index in [0.29, 0.717) is 0 Å². The molecule has 3 nitrogen and oxygen atoms in total. The summed E-state index contributed by atoms with van der Waals surface area (Å²) in [5.74, 6) is 0. The van der Waals surface area contributed by atoms with E-state index < -0.39 is 0 Å². The van der Waals surface area contributed by atoms with Crippen molar-refractivity contribution in [2.24, 2.45) is 0 Å². The van der Waals surface area contributed by atoms with E-state index in [0.717, 1.165) is 110 Å². The van der Waals surface area contributed by atoms with Gasteiger partial charge in [-0.05, 0) is 58.7 Å². The van der Waals surface area contributed by atoms with E-state index in [9.17, 15) is 0 Å². The van der Waals surface area contributed by atoms with Gasteiger partial charge in [0, 0.05) is 54.4 Å². The fourth-order valence-electron chi connectivity index (χ4n) is 8.06. The Morgan fingerprint density at radius 3 is 1.71 bits per heavy atom. The van der Waals surface area contributed by atoms with Crippen LogP contribution < -0.4 is 0 Å². The van der Waals surface area contributed by atoms with Crippen molar-refractivity contribution in [3.63, 3.8) is 0 Å². The minimum Gasteiger partial charge on any atom is -0.456 e. The highest BCUT2D eigenvalue weighted by Gasteiger charge is 2.19. The van der Waals surface area contributed by atoms with Gasteiger partial charge >= 0.3 is 0 Å². The van der Waals surface area contributed by atoms with Crippen molar-refractivity contribution >= 4 is 65.6 Å². The lowest BCUT2D eigenvalue weighted by Crippen LogP contribution is -1.90. The lowest BCUT2D eigenvalue weighted by Gasteiger charge is -2.11. The molecule has 0 bridgehead atoms. The summed E-state index contributed by atoms with van der Waals surface area (Å²) in [5.41, 5.74) is 13.3. The molecule has 0 radical (unpaired) electrons. The molecule has 3 heteroatoms. The lowest BCUT2D eigenvalue weighted by atomic mass is 9.94. The molecule has 8 aromatic carbocycles. The Labute approximate surface area is 299 Å². The quantitative estimate of drug-likeness (QED) is 0.176. The molecule has 0 fully saturated rings. The Balaban J connectivity index is 1.10. The van der Waals surface area contributed by atoms with E-state index in [1.807, 2.05) is 12.1 Å². The second-order valence-electron chi connectivity index (χ2n) is 13.4. The minimum atomic E-state index is 0.867. The lowest BCUT2D eigenvalue weighted by molar-refractivity contribution is 0.669. The predicted octanol–water partition coefficient (Wildman–Crippen LogP) is 13.9. The first kappa shape index (κ1) is 28.8. The topological polar surface area (TPSA) is 39.2 Å². The van der Waals surface area contributed by atoms with Crippen LogP contribution in [0.5, 0.6) is 0 Å². The van der Waals surface area contributed by atoms with E-state index in [2.05, 4.69) is 164 Å². The van der Waals surface area contributed by atoms with Crippen molar-refractivity contribution in [1.29, 1.82) is 0 Å². The van der Waals surface area contributed by atoms with Crippen LogP contribution in [0.2, 0.25) is 0 Å². The van der Waals surface area contributed by atoms with Gasteiger partial charge in [0.1, 0.15) is 22.3 Å². The van der Waals surface area contributed by atoms with Gasteiger partial charge in [0.25, 0.3) is 0 Å². The molecule has 0 unspecified atom stereocenters. The van der Waals surface area contributed by atoms with Crippen LogP contribution in [-0.2, 0) is 0 Å². The predicted molar refractivity (Wildman–Crippen MR) is 216 cm³/mol. The van der Waals surface area contributed by atoms with Crippen molar-refractivity contribution in [3.8, 4) is 44.6 Å². The summed E-state index contributed by atoms with van der Waals surface area (Å²) in [7, 11) is 0. The normalized spacial score (nSPS) is 11.8. The van der Waals surface area contributed by atoms with Gasteiger partial charge < -0.3 is 8.83 Å². The summed E-state index contributed by atoms with van der Waals surface area (Å²) in [5, 5.41) is 7.84. The number of nitrogens with zero attached hydrogens (tertiary/aromatic N) is 1. The van der Waals surface area contributed by atoms with Gasteiger partial charge in [0.15, 0.2) is 0 Å². The van der Waals surface area contributed by atoms with E-state index in [1.165, 1.54) is 0 Å². The van der Waals surface area contributed by atoms with Crippen LogP contribution in [0.1, 0.15) is 0 Å². The van der Waals surface area contributed by atoms with Crippen molar-refractivity contribution < 1.29 is 8.83 Å². The largest absolute Gasteiger partial charge is 0.456 e. The molecule has 0 N–H and O–H groups in total. The number of rotatable bonds is 4. The summed E-state index contributed by atoms with van der Waals surface area (Å²) >= 11 is 0. The smallest absolute Gasteiger partial charge is 0.143 e. The maximum atomic E-state index is 6.76. The van der Waals surface area contributed by atoms with Crippen molar-refractivity contribution in [2.45, 2.75) is 0 Å². The maximum absolute atomic E-state index is 6.76. The monoisotopic (exact) mass is 663 g/mol. The number of benzene rings is 8.